The lowest BCUT2D eigenvalue weighted by molar-refractivity contribution is -0.0196. The molecule has 1 aliphatic carbocycles. The summed E-state index contributed by atoms with van der Waals surface area (Å²) in [7, 11) is 0. The first kappa shape index (κ1) is 13.3. The number of aliphatic hydroxyl groups is 1. The van der Waals surface area contributed by atoms with Crippen molar-refractivity contribution in [3.05, 3.63) is 0 Å². The number of hydrogen-bond acceptors (Lipinski definition) is 3. The van der Waals surface area contributed by atoms with Gasteiger partial charge in [0.25, 0.3) is 0 Å². The molecule has 1 saturated heterocycles. The number of aliphatic hydroxyl groups excluding tert-OH is 1. The summed E-state index contributed by atoms with van der Waals surface area (Å²) in [5.74, 6) is 0.743. The monoisotopic (exact) mass is 241 g/mol. The van der Waals surface area contributed by atoms with Crippen LogP contribution in [0.15, 0.2) is 0 Å². The Morgan fingerprint density at radius 2 is 1.82 bits per heavy atom. The van der Waals surface area contributed by atoms with Gasteiger partial charge in [-0.15, -0.1) is 0 Å². The van der Waals surface area contributed by atoms with E-state index in [1.165, 1.54) is 25.7 Å². The van der Waals surface area contributed by atoms with Gasteiger partial charge in [-0.05, 0) is 31.6 Å². The van der Waals surface area contributed by atoms with E-state index in [4.69, 9.17) is 4.74 Å². The first-order chi connectivity index (χ1) is 8.25. The topological polar surface area (TPSA) is 32.7 Å². The predicted octanol–water partition coefficient (Wildman–Crippen LogP) is 2.04. The summed E-state index contributed by atoms with van der Waals surface area (Å²) in [4.78, 5) is 2.42. The summed E-state index contributed by atoms with van der Waals surface area (Å²) in [5.41, 5.74) is 0. The first-order valence-corrected chi connectivity index (χ1v) is 7.27. The van der Waals surface area contributed by atoms with Gasteiger partial charge in [-0.1, -0.05) is 19.8 Å². The minimum Gasteiger partial charge on any atom is -0.393 e. The molecule has 2 aliphatic rings. The molecular formula is C14H27NO2. The number of rotatable bonds is 4. The first-order valence-electron chi connectivity index (χ1n) is 7.27. The molecule has 17 heavy (non-hydrogen) atoms. The van der Waals surface area contributed by atoms with E-state index in [1.54, 1.807) is 0 Å². The zero-order valence-corrected chi connectivity index (χ0v) is 11.1. The summed E-state index contributed by atoms with van der Waals surface area (Å²) in [5, 5.41) is 9.43. The Hall–Kier alpha value is -0.120. The van der Waals surface area contributed by atoms with E-state index in [9.17, 15) is 5.11 Å². The smallest absolute Gasteiger partial charge is 0.0601 e. The molecule has 2 atom stereocenters. The lowest BCUT2D eigenvalue weighted by atomic mass is 9.88. The molecule has 0 spiro atoms. The van der Waals surface area contributed by atoms with Gasteiger partial charge in [-0.3, -0.25) is 0 Å². The fourth-order valence-corrected chi connectivity index (χ4v) is 3.01. The van der Waals surface area contributed by atoms with E-state index in [2.05, 4.69) is 11.8 Å². The van der Waals surface area contributed by atoms with Gasteiger partial charge in [0.05, 0.1) is 18.8 Å². The second-order valence-electron chi connectivity index (χ2n) is 5.74. The maximum Gasteiger partial charge on any atom is 0.0601 e. The van der Waals surface area contributed by atoms with Crippen molar-refractivity contribution in [2.24, 2.45) is 5.92 Å². The van der Waals surface area contributed by atoms with Crippen molar-refractivity contribution in [2.75, 3.05) is 26.2 Å². The van der Waals surface area contributed by atoms with Crippen molar-refractivity contribution < 1.29 is 9.84 Å². The molecule has 2 fully saturated rings. The minimum atomic E-state index is -0.0643. The second-order valence-corrected chi connectivity index (χ2v) is 5.74. The second kappa shape index (κ2) is 6.72. The number of nitrogens with zero attached hydrogens (tertiary/aromatic N) is 1. The van der Waals surface area contributed by atoms with Crippen molar-refractivity contribution >= 4 is 0 Å². The molecule has 3 nitrogen and oxygen atoms in total. The lowest BCUT2D eigenvalue weighted by Gasteiger charge is -2.32. The molecule has 0 aromatic carbocycles. The van der Waals surface area contributed by atoms with Crippen molar-refractivity contribution in [1.82, 2.24) is 4.90 Å². The molecule has 1 N–H and O–H groups in total. The van der Waals surface area contributed by atoms with Crippen LogP contribution in [0.25, 0.3) is 0 Å². The summed E-state index contributed by atoms with van der Waals surface area (Å²) >= 11 is 0. The summed E-state index contributed by atoms with van der Waals surface area (Å²) < 4.78 is 6.02. The van der Waals surface area contributed by atoms with Crippen LogP contribution in [0.2, 0.25) is 0 Å². The van der Waals surface area contributed by atoms with Gasteiger partial charge >= 0.3 is 0 Å². The van der Waals surface area contributed by atoms with E-state index in [0.717, 1.165) is 45.0 Å². The highest BCUT2D eigenvalue weighted by atomic mass is 16.5. The fourth-order valence-electron chi connectivity index (χ4n) is 3.01. The Bertz CT molecular complexity index is 214. The van der Waals surface area contributed by atoms with Crippen molar-refractivity contribution in [2.45, 2.75) is 57.7 Å². The molecule has 2 unspecified atom stereocenters. The van der Waals surface area contributed by atoms with Crippen LogP contribution < -0.4 is 0 Å². The minimum absolute atomic E-state index is 0.0643. The van der Waals surface area contributed by atoms with Gasteiger partial charge in [0.2, 0.25) is 0 Å². The van der Waals surface area contributed by atoms with Crippen molar-refractivity contribution in [3.63, 3.8) is 0 Å². The standard InChI is InChI=1S/C14H27NO2/c1-12-4-2-3-5-14(12)17-11-10-15-8-6-13(16)7-9-15/h12-14,16H,2-11H2,1H3. The van der Waals surface area contributed by atoms with Crippen LogP contribution in [-0.4, -0.2) is 48.5 Å². The van der Waals surface area contributed by atoms with Crippen LogP contribution in [0.3, 0.4) is 0 Å². The Morgan fingerprint density at radius 1 is 1.12 bits per heavy atom. The van der Waals surface area contributed by atoms with Crippen LogP contribution in [-0.2, 0) is 4.74 Å². The third-order valence-electron chi connectivity index (χ3n) is 4.33. The summed E-state index contributed by atoms with van der Waals surface area (Å²) in [6.07, 6.45) is 7.60. The summed E-state index contributed by atoms with van der Waals surface area (Å²) in [6, 6.07) is 0. The number of hydrogen-bond donors (Lipinski definition) is 1. The zero-order chi connectivity index (χ0) is 12.1. The maximum absolute atomic E-state index is 9.43. The maximum atomic E-state index is 9.43. The van der Waals surface area contributed by atoms with Gasteiger partial charge in [0.15, 0.2) is 0 Å². The van der Waals surface area contributed by atoms with E-state index in [1.807, 2.05) is 0 Å². The molecule has 3 heteroatoms. The molecule has 1 heterocycles. The highest BCUT2D eigenvalue weighted by Gasteiger charge is 2.22. The fraction of sp³-hybridized carbons (Fsp3) is 1.00. The van der Waals surface area contributed by atoms with Crippen LogP contribution >= 0.6 is 0 Å². The highest BCUT2D eigenvalue weighted by Crippen LogP contribution is 2.26. The Kier molecular flexibility index (Phi) is 5.26. The van der Waals surface area contributed by atoms with Crippen LogP contribution in [0.5, 0.6) is 0 Å². The Balaban J connectivity index is 1.59. The van der Waals surface area contributed by atoms with E-state index in [-0.39, 0.29) is 6.10 Å². The Labute approximate surface area is 105 Å². The third kappa shape index (κ3) is 4.23. The molecule has 0 amide bonds. The molecule has 1 saturated carbocycles. The number of ether oxygens (including phenoxy) is 1. The molecule has 0 aromatic heterocycles. The zero-order valence-electron chi connectivity index (χ0n) is 11.1. The lowest BCUT2D eigenvalue weighted by Crippen LogP contribution is -2.38. The van der Waals surface area contributed by atoms with E-state index < -0.39 is 0 Å². The SMILES string of the molecule is CC1CCCCC1OCCN1CCC(O)CC1. The molecule has 1 aliphatic heterocycles. The predicted molar refractivity (Wildman–Crippen MR) is 69.1 cm³/mol. The Morgan fingerprint density at radius 3 is 2.53 bits per heavy atom. The average Bonchev–Trinajstić information content (AvgIpc) is 2.34. The molecule has 0 radical (unpaired) electrons. The number of piperidine rings is 1. The number of likely N-dealkylation sites (tertiary alicyclic amines) is 1. The van der Waals surface area contributed by atoms with Gasteiger partial charge in [-0.2, -0.15) is 0 Å². The average molecular weight is 241 g/mol. The molecule has 100 valence electrons. The van der Waals surface area contributed by atoms with Crippen LogP contribution in [0.1, 0.15) is 45.4 Å². The third-order valence-corrected chi connectivity index (χ3v) is 4.33. The van der Waals surface area contributed by atoms with Crippen LogP contribution in [0, 0.1) is 5.92 Å². The van der Waals surface area contributed by atoms with Gasteiger partial charge in [0, 0.05) is 19.6 Å². The quantitative estimate of drug-likeness (QED) is 0.817. The molecular weight excluding hydrogens is 214 g/mol. The largest absolute Gasteiger partial charge is 0.393 e. The van der Waals surface area contributed by atoms with Gasteiger partial charge in [-0.25, -0.2) is 0 Å². The molecule has 0 bridgehead atoms. The normalized spacial score (nSPS) is 32.8. The van der Waals surface area contributed by atoms with Gasteiger partial charge in [0.1, 0.15) is 0 Å². The highest BCUT2D eigenvalue weighted by molar-refractivity contribution is 4.74. The van der Waals surface area contributed by atoms with Crippen molar-refractivity contribution in [3.8, 4) is 0 Å². The van der Waals surface area contributed by atoms with Gasteiger partial charge < -0.3 is 14.7 Å². The van der Waals surface area contributed by atoms with E-state index in [0.29, 0.717) is 6.10 Å². The van der Waals surface area contributed by atoms with Crippen LogP contribution in [0.4, 0.5) is 0 Å². The van der Waals surface area contributed by atoms with Crippen molar-refractivity contribution in [1.29, 1.82) is 0 Å². The molecule has 0 aromatic rings. The van der Waals surface area contributed by atoms with E-state index >= 15 is 0 Å². The summed E-state index contributed by atoms with van der Waals surface area (Å²) in [6.45, 7) is 6.29. The molecule has 2 rings (SSSR count).